The maximum absolute atomic E-state index is 13.0. The zero-order valence-electron chi connectivity index (χ0n) is 17.5. The highest BCUT2D eigenvalue weighted by Gasteiger charge is 2.20. The Morgan fingerprint density at radius 2 is 1.94 bits per heavy atom. The van der Waals surface area contributed by atoms with Crippen molar-refractivity contribution in [3.8, 4) is 0 Å². The van der Waals surface area contributed by atoms with Gasteiger partial charge in [-0.25, -0.2) is 19.6 Å². The number of rotatable bonds is 8. The number of primary amides is 1. The second-order valence-electron chi connectivity index (χ2n) is 6.37. The summed E-state index contributed by atoms with van der Waals surface area (Å²) in [6.45, 7) is 4.00. The number of carbonyl (C=O) groups is 3. The van der Waals surface area contributed by atoms with Gasteiger partial charge in [-0.15, -0.1) is 11.3 Å². The molecule has 0 radical (unpaired) electrons. The van der Waals surface area contributed by atoms with E-state index in [1.807, 2.05) is 30.3 Å². The van der Waals surface area contributed by atoms with Crippen LogP contribution in [0.3, 0.4) is 0 Å². The Morgan fingerprint density at radius 3 is 2.59 bits per heavy atom. The van der Waals surface area contributed by atoms with Crippen LogP contribution in [0.25, 0.3) is 0 Å². The number of hydrogen-bond acceptors (Lipinski definition) is 8. The third-order valence-corrected chi connectivity index (χ3v) is 5.01. The summed E-state index contributed by atoms with van der Waals surface area (Å²) in [4.78, 5) is 46.1. The van der Waals surface area contributed by atoms with Gasteiger partial charge in [-0.3, -0.25) is 15.0 Å². The van der Waals surface area contributed by atoms with E-state index in [4.69, 9.17) is 10.5 Å². The molecule has 0 spiro atoms. The SMILES string of the molecule is CCOC(=O)c1csc(NC(=O)c2cnc(N(CC)C(N)=O)cc2Nc2ccccc2)n1. The van der Waals surface area contributed by atoms with E-state index in [0.29, 0.717) is 18.1 Å². The van der Waals surface area contributed by atoms with Crippen LogP contribution in [0.5, 0.6) is 0 Å². The van der Waals surface area contributed by atoms with Gasteiger partial charge in [0.25, 0.3) is 5.91 Å². The Labute approximate surface area is 188 Å². The van der Waals surface area contributed by atoms with Gasteiger partial charge in [-0.05, 0) is 26.0 Å². The molecule has 3 rings (SSSR count). The Kier molecular flexibility index (Phi) is 7.34. The van der Waals surface area contributed by atoms with Gasteiger partial charge in [0.15, 0.2) is 10.8 Å². The highest BCUT2D eigenvalue weighted by atomic mass is 32.1. The Morgan fingerprint density at radius 1 is 1.19 bits per heavy atom. The molecule has 2 heterocycles. The van der Waals surface area contributed by atoms with E-state index >= 15 is 0 Å². The number of benzene rings is 1. The first-order valence-corrected chi connectivity index (χ1v) is 10.6. The van der Waals surface area contributed by atoms with Crippen molar-refractivity contribution >= 4 is 51.6 Å². The number of nitrogens with two attached hydrogens (primary N) is 1. The summed E-state index contributed by atoms with van der Waals surface area (Å²) >= 11 is 1.10. The van der Waals surface area contributed by atoms with Crippen LogP contribution in [-0.4, -0.2) is 41.0 Å². The van der Waals surface area contributed by atoms with Crippen LogP contribution < -0.4 is 21.3 Å². The van der Waals surface area contributed by atoms with Crippen molar-refractivity contribution < 1.29 is 19.1 Å². The lowest BCUT2D eigenvalue weighted by Gasteiger charge is -2.19. The monoisotopic (exact) mass is 454 g/mol. The van der Waals surface area contributed by atoms with Gasteiger partial charge in [0.2, 0.25) is 0 Å². The molecule has 0 aliphatic carbocycles. The number of anilines is 4. The second-order valence-corrected chi connectivity index (χ2v) is 7.23. The smallest absolute Gasteiger partial charge is 0.357 e. The van der Waals surface area contributed by atoms with Crippen LogP contribution >= 0.6 is 11.3 Å². The van der Waals surface area contributed by atoms with Gasteiger partial charge in [0.1, 0.15) is 5.82 Å². The standard InChI is InChI=1S/C21H22N6O4S/c1-3-27(20(22)30)17-10-15(24-13-8-6-5-7-9-13)14(11-23-17)18(28)26-21-25-16(12-32-21)19(29)31-4-2/h5-12H,3-4H2,1-2H3,(H2,22,30)(H,23,24)(H,25,26,28). The number of para-hydroxylation sites is 1. The van der Waals surface area contributed by atoms with Crippen LogP contribution in [0, 0.1) is 0 Å². The number of esters is 1. The molecular formula is C21H22N6O4S. The van der Waals surface area contributed by atoms with Crippen molar-refractivity contribution in [3.05, 3.63) is 59.2 Å². The first-order valence-electron chi connectivity index (χ1n) is 9.76. The lowest BCUT2D eigenvalue weighted by Crippen LogP contribution is -2.36. The molecule has 3 amide bonds. The fraction of sp³-hybridized carbons (Fsp3) is 0.190. The molecule has 10 nitrogen and oxygen atoms in total. The maximum atomic E-state index is 13.0. The largest absolute Gasteiger partial charge is 0.461 e. The first-order chi connectivity index (χ1) is 15.4. The fourth-order valence-corrected chi connectivity index (χ4v) is 3.45. The molecule has 0 atom stereocenters. The van der Waals surface area contributed by atoms with Crippen LogP contribution in [0.15, 0.2) is 48.0 Å². The number of pyridine rings is 1. The van der Waals surface area contributed by atoms with Gasteiger partial charge in [0.05, 0.1) is 17.9 Å². The molecule has 2 aromatic heterocycles. The lowest BCUT2D eigenvalue weighted by molar-refractivity contribution is 0.0520. The molecule has 0 saturated heterocycles. The highest BCUT2D eigenvalue weighted by Crippen LogP contribution is 2.26. The first kappa shape index (κ1) is 22.7. The summed E-state index contributed by atoms with van der Waals surface area (Å²) in [5.41, 5.74) is 6.91. The minimum Gasteiger partial charge on any atom is -0.461 e. The summed E-state index contributed by atoms with van der Waals surface area (Å²) in [5.74, 6) is -0.754. The van der Waals surface area contributed by atoms with Crippen LogP contribution in [0.2, 0.25) is 0 Å². The van der Waals surface area contributed by atoms with Crippen molar-refractivity contribution in [1.82, 2.24) is 9.97 Å². The quantitative estimate of drug-likeness (QED) is 0.442. The molecule has 0 fully saturated rings. The van der Waals surface area contributed by atoms with Gasteiger partial charge in [-0.2, -0.15) is 0 Å². The molecule has 32 heavy (non-hydrogen) atoms. The van der Waals surface area contributed by atoms with Gasteiger partial charge < -0.3 is 15.8 Å². The van der Waals surface area contributed by atoms with Crippen molar-refractivity contribution in [2.75, 3.05) is 28.7 Å². The predicted octanol–water partition coefficient (Wildman–Crippen LogP) is 3.62. The van der Waals surface area contributed by atoms with E-state index in [0.717, 1.165) is 17.0 Å². The zero-order chi connectivity index (χ0) is 23.1. The summed E-state index contributed by atoms with van der Waals surface area (Å²) in [7, 11) is 0. The summed E-state index contributed by atoms with van der Waals surface area (Å²) in [6, 6.07) is 10.1. The van der Waals surface area contributed by atoms with Crippen molar-refractivity contribution in [1.29, 1.82) is 0 Å². The van der Waals surface area contributed by atoms with Crippen LogP contribution in [0.4, 0.5) is 27.1 Å². The molecule has 0 bridgehead atoms. The zero-order valence-corrected chi connectivity index (χ0v) is 18.3. The van der Waals surface area contributed by atoms with Crippen LogP contribution in [-0.2, 0) is 4.74 Å². The minimum absolute atomic E-state index is 0.114. The van der Waals surface area contributed by atoms with E-state index in [9.17, 15) is 14.4 Å². The number of aromatic nitrogens is 2. The number of ether oxygens (including phenoxy) is 1. The molecular weight excluding hydrogens is 432 g/mol. The Balaban J connectivity index is 1.90. The van der Waals surface area contributed by atoms with E-state index in [-0.39, 0.29) is 23.0 Å². The number of hydrogen-bond donors (Lipinski definition) is 3. The predicted molar refractivity (Wildman–Crippen MR) is 123 cm³/mol. The molecule has 1 aromatic carbocycles. The average Bonchev–Trinajstić information content (AvgIpc) is 3.23. The molecule has 0 unspecified atom stereocenters. The summed E-state index contributed by atoms with van der Waals surface area (Å²) in [5, 5.41) is 7.57. The Hall–Kier alpha value is -3.99. The summed E-state index contributed by atoms with van der Waals surface area (Å²) in [6.07, 6.45) is 1.35. The number of nitrogens with zero attached hydrogens (tertiary/aromatic N) is 3. The van der Waals surface area contributed by atoms with Gasteiger partial charge >= 0.3 is 12.0 Å². The Bertz CT molecular complexity index is 1120. The fourth-order valence-electron chi connectivity index (χ4n) is 2.78. The average molecular weight is 455 g/mol. The van der Waals surface area contributed by atoms with Crippen molar-refractivity contribution in [2.45, 2.75) is 13.8 Å². The van der Waals surface area contributed by atoms with E-state index in [2.05, 4.69) is 20.6 Å². The number of urea groups is 1. The van der Waals surface area contributed by atoms with Crippen LogP contribution in [0.1, 0.15) is 34.7 Å². The summed E-state index contributed by atoms with van der Waals surface area (Å²) < 4.78 is 4.91. The number of thiazole rings is 1. The second kappa shape index (κ2) is 10.4. The van der Waals surface area contributed by atoms with E-state index in [1.165, 1.54) is 16.5 Å². The molecule has 11 heteroatoms. The van der Waals surface area contributed by atoms with E-state index < -0.39 is 17.9 Å². The number of carbonyl (C=O) groups excluding carboxylic acids is 3. The van der Waals surface area contributed by atoms with E-state index in [1.54, 1.807) is 19.9 Å². The van der Waals surface area contributed by atoms with Crippen molar-refractivity contribution in [2.24, 2.45) is 5.73 Å². The van der Waals surface area contributed by atoms with Gasteiger partial charge in [0, 0.05) is 29.9 Å². The molecule has 0 aliphatic rings. The maximum Gasteiger partial charge on any atom is 0.357 e. The topological polar surface area (TPSA) is 140 Å². The molecule has 3 aromatic rings. The number of nitrogens with one attached hydrogen (secondary N) is 2. The van der Waals surface area contributed by atoms with Crippen molar-refractivity contribution in [3.63, 3.8) is 0 Å². The number of amides is 3. The lowest BCUT2D eigenvalue weighted by atomic mass is 10.2. The highest BCUT2D eigenvalue weighted by molar-refractivity contribution is 7.14. The molecule has 4 N–H and O–H groups in total. The third kappa shape index (κ3) is 5.38. The minimum atomic E-state index is -0.655. The molecule has 166 valence electrons. The molecule has 0 aliphatic heterocycles. The van der Waals surface area contributed by atoms with Gasteiger partial charge in [-0.1, -0.05) is 18.2 Å². The normalized spacial score (nSPS) is 10.3. The molecule has 0 saturated carbocycles. The third-order valence-electron chi connectivity index (χ3n) is 4.25.